The van der Waals surface area contributed by atoms with Crippen LogP contribution in [0.4, 0.5) is 4.79 Å². The van der Waals surface area contributed by atoms with E-state index in [0.717, 1.165) is 25.9 Å². The fourth-order valence-corrected chi connectivity index (χ4v) is 1.89. The lowest BCUT2D eigenvalue weighted by Crippen LogP contribution is -2.44. The highest BCUT2D eigenvalue weighted by atomic mass is 16.4. The van der Waals surface area contributed by atoms with Crippen molar-refractivity contribution in [2.45, 2.75) is 32.1 Å². The van der Waals surface area contributed by atoms with E-state index in [1.807, 2.05) is 4.90 Å². The van der Waals surface area contributed by atoms with Crippen molar-refractivity contribution in [2.24, 2.45) is 0 Å². The van der Waals surface area contributed by atoms with Crippen molar-refractivity contribution in [3.05, 3.63) is 0 Å². The molecule has 0 aromatic carbocycles. The van der Waals surface area contributed by atoms with Crippen LogP contribution in [0.3, 0.4) is 0 Å². The van der Waals surface area contributed by atoms with Crippen molar-refractivity contribution in [1.82, 2.24) is 9.80 Å². The number of carbonyl (C=O) groups is 2. The molecule has 16 heavy (non-hydrogen) atoms. The zero-order valence-corrected chi connectivity index (χ0v) is 9.81. The highest BCUT2D eigenvalue weighted by Gasteiger charge is 2.19. The summed E-state index contributed by atoms with van der Waals surface area (Å²) in [6.07, 6.45) is 4.00. The number of likely N-dealkylation sites (tertiary alicyclic amines) is 1. The quantitative estimate of drug-likeness (QED) is 0.791. The highest BCUT2D eigenvalue weighted by Crippen LogP contribution is 2.10. The summed E-state index contributed by atoms with van der Waals surface area (Å²) in [7, 11) is 1.73. The van der Waals surface area contributed by atoms with Crippen LogP contribution in [0.25, 0.3) is 0 Å². The van der Waals surface area contributed by atoms with Crippen molar-refractivity contribution in [2.75, 3.05) is 26.7 Å². The van der Waals surface area contributed by atoms with Crippen LogP contribution in [0.2, 0.25) is 0 Å². The van der Waals surface area contributed by atoms with Gasteiger partial charge in [-0.3, -0.25) is 4.79 Å². The fourth-order valence-electron chi connectivity index (χ4n) is 1.89. The maximum atomic E-state index is 11.9. The largest absolute Gasteiger partial charge is 0.481 e. The molecular formula is C11H20N2O3. The average Bonchev–Trinajstić information content (AvgIpc) is 2.28. The molecule has 0 unspecified atom stereocenters. The van der Waals surface area contributed by atoms with Gasteiger partial charge in [-0.25, -0.2) is 4.79 Å². The van der Waals surface area contributed by atoms with Crippen molar-refractivity contribution < 1.29 is 14.7 Å². The number of aliphatic carboxylic acids is 1. The predicted octanol–water partition coefficient (Wildman–Crippen LogP) is 1.39. The second-order valence-corrected chi connectivity index (χ2v) is 4.25. The van der Waals surface area contributed by atoms with Crippen LogP contribution in [0.5, 0.6) is 0 Å². The Labute approximate surface area is 96.0 Å². The monoisotopic (exact) mass is 228 g/mol. The third kappa shape index (κ3) is 4.08. The van der Waals surface area contributed by atoms with E-state index in [-0.39, 0.29) is 12.5 Å². The summed E-state index contributed by atoms with van der Waals surface area (Å²) >= 11 is 0. The van der Waals surface area contributed by atoms with Gasteiger partial charge >= 0.3 is 12.0 Å². The van der Waals surface area contributed by atoms with Crippen LogP contribution in [-0.4, -0.2) is 53.6 Å². The molecule has 0 spiro atoms. The zero-order chi connectivity index (χ0) is 12.0. The van der Waals surface area contributed by atoms with E-state index in [1.165, 1.54) is 6.42 Å². The number of carboxylic acid groups (broad SMARTS) is 1. The number of carboxylic acids is 1. The summed E-state index contributed by atoms with van der Waals surface area (Å²) in [6.45, 7) is 2.19. The Morgan fingerprint density at radius 3 is 2.44 bits per heavy atom. The highest BCUT2D eigenvalue weighted by molar-refractivity contribution is 5.74. The number of piperidine rings is 1. The standard InChI is InChI=1S/C11H20N2O3/c1-12(7-5-6-10(14)15)11(16)13-8-3-2-4-9-13/h2-9H2,1H3,(H,14,15). The van der Waals surface area contributed by atoms with E-state index in [4.69, 9.17) is 5.11 Å². The minimum Gasteiger partial charge on any atom is -0.481 e. The molecular weight excluding hydrogens is 208 g/mol. The molecule has 1 heterocycles. The summed E-state index contributed by atoms with van der Waals surface area (Å²) < 4.78 is 0. The summed E-state index contributed by atoms with van der Waals surface area (Å²) in [5.41, 5.74) is 0. The lowest BCUT2D eigenvalue weighted by molar-refractivity contribution is -0.137. The van der Waals surface area contributed by atoms with E-state index < -0.39 is 5.97 Å². The molecule has 0 aliphatic carbocycles. The minimum absolute atomic E-state index is 0.0325. The first kappa shape index (κ1) is 12.8. The molecule has 0 saturated carbocycles. The van der Waals surface area contributed by atoms with Crippen molar-refractivity contribution >= 4 is 12.0 Å². The number of hydrogen-bond acceptors (Lipinski definition) is 2. The summed E-state index contributed by atoms with van der Waals surface area (Å²) in [5.74, 6) is -0.807. The Balaban J connectivity index is 2.26. The van der Waals surface area contributed by atoms with Crippen LogP contribution >= 0.6 is 0 Å². The van der Waals surface area contributed by atoms with Gasteiger partial charge in [-0.2, -0.15) is 0 Å². The van der Waals surface area contributed by atoms with Gasteiger partial charge in [0, 0.05) is 33.1 Å². The lowest BCUT2D eigenvalue weighted by Gasteiger charge is -2.31. The van der Waals surface area contributed by atoms with Gasteiger partial charge < -0.3 is 14.9 Å². The SMILES string of the molecule is CN(CCCC(=O)O)C(=O)N1CCCCC1. The zero-order valence-electron chi connectivity index (χ0n) is 9.81. The third-order valence-corrected chi connectivity index (χ3v) is 2.84. The van der Waals surface area contributed by atoms with Crippen LogP contribution in [0.1, 0.15) is 32.1 Å². The molecule has 1 aliphatic rings. The first-order valence-corrected chi connectivity index (χ1v) is 5.83. The van der Waals surface area contributed by atoms with E-state index in [1.54, 1.807) is 11.9 Å². The Bertz CT molecular complexity index is 250. The van der Waals surface area contributed by atoms with E-state index in [2.05, 4.69) is 0 Å². The molecule has 1 aliphatic heterocycles. The molecule has 1 saturated heterocycles. The van der Waals surface area contributed by atoms with Crippen molar-refractivity contribution in [3.63, 3.8) is 0 Å². The average molecular weight is 228 g/mol. The van der Waals surface area contributed by atoms with Crippen LogP contribution in [-0.2, 0) is 4.79 Å². The van der Waals surface area contributed by atoms with Gasteiger partial charge in [0.05, 0.1) is 0 Å². The fraction of sp³-hybridized carbons (Fsp3) is 0.818. The second-order valence-electron chi connectivity index (χ2n) is 4.25. The Morgan fingerprint density at radius 1 is 1.25 bits per heavy atom. The van der Waals surface area contributed by atoms with Gasteiger partial charge in [0.1, 0.15) is 0 Å². The number of amides is 2. The molecule has 0 atom stereocenters. The van der Waals surface area contributed by atoms with E-state index in [9.17, 15) is 9.59 Å². The summed E-state index contributed by atoms with van der Waals surface area (Å²) in [4.78, 5) is 25.7. The molecule has 1 N–H and O–H groups in total. The number of carbonyl (C=O) groups excluding carboxylic acids is 1. The van der Waals surface area contributed by atoms with Crippen LogP contribution in [0.15, 0.2) is 0 Å². The van der Waals surface area contributed by atoms with Gasteiger partial charge in [-0.05, 0) is 25.7 Å². The van der Waals surface area contributed by atoms with Gasteiger partial charge in [-0.1, -0.05) is 0 Å². The number of nitrogens with zero attached hydrogens (tertiary/aromatic N) is 2. The summed E-state index contributed by atoms with van der Waals surface area (Å²) in [6, 6.07) is 0.0325. The maximum Gasteiger partial charge on any atom is 0.319 e. The predicted molar refractivity (Wildman–Crippen MR) is 60.3 cm³/mol. The molecule has 0 aromatic rings. The van der Waals surface area contributed by atoms with Gasteiger partial charge in [0.25, 0.3) is 0 Å². The molecule has 92 valence electrons. The normalized spacial score (nSPS) is 15.9. The molecule has 2 amide bonds. The number of rotatable bonds is 4. The molecule has 5 nitrogen and oxygen atoms in total. The summed E-state index contributed by atoms with van der Waals surface area (Å²) in [5, 5.41) is 8.50. The van der Waals surface area contributed by atoms with E-state index in [0.29, 0.717) is 13.0 Å². The number of hydrogen-bond donors (Lipinski definition) is 1. The molecule has 0 bridgehead atoms. The number of urea groups is 1. The van der Waals surface area contributed by atoms with Crippen molar-refractivity contribution in [3.8, 4) is 0 Å². The second kappa shape index (κ2) is 6.35. The van der Waals surface area contributed by atoms with Gasteiger partial charge in [0.2, 0.25) is 0 Å². The van der Waals surface area contributed by atoms with Gasteiger partial charge in [-0.15, -0.1) is 0 Å². The molecule has 1 fully saturated rings. The molecule has 1 rings (SSSR count). The first-order chi connectivity index (χ1) is 7.61. The Morgan fingerprint density at radius 2 is 1.88 bits per heavy atom. The molecule has 0 radical (unpaired) electrons. The third-order valence-electron chi connectivity index (χ3n) is 2.84. The maximum absolute atomic E-state index is 11.9. The first-order valence-electron chi connectivity index (χ1n) is 5.83. The van der Waals surface area contributed by atoms with Gasteiger partial charge in [0.15, 0.2) is 0 Å². The van der Waals surface area contributed by atoms with Crippen LogP contribution in [0, 0.1) is 0 Å². The Hall–Kier alpha value is -1.26. The van der Waals surface area contributed by atoms with E-state index >= 15 is 0 Å². The Kier molecular flexibility index (Phi) is 5.08. The molecule has 0 aromatic heterocycles. The lowest BCUT2D eigenvalue weighted by atomic mass is 10.1. The smallest absolute Gasteiger partial charge is 0.319 e. The topological polar surface area (TPSA) is 60.9 Å². The van der Waals surface area contributed by atoms with Crippen molar-refractivity contribution in [1.29, 1.82) is 0 Å². The molecule has 5 heteroatoms. The van der Waals surface area contributed by atoms with Crippen LogP contribution < -0.4 is 0 Å². The minimum atomic E-state index is -0.807.